The van der Waals surface area contributed by atoms with Gasteiger partial charge in [0.15, 0.2) is 0 Å². The van der Waals surface area contributed by atoms with E-state index in [1.807, 2.05) is 0 Å². The molecule has 0 heterocycles. The number of benzene rings is 1. The number of nitrogens with two attached hydrogens (primary N) is 1. The molecule has 0 fully saturated rings. The molecule has 1 unspecified atom stereocenters. The van der Waals surface area contributed by atoms with Crippen molar-refractivity contribution in [1.29, 1.82) is 0 Å². The van der Waals surface area contributed by atoms with Crippen LogP contribution < -0.4 is 5.73 Å². The van der Waals surface area contributed by atoms with Gasteiger partial charge < -0.3 is 10.5 Å². The van der Waals surface area contributed by atoms with Crippen molar-refractivity contribution < 1.29 is 4.74 Å². The van der Waals surface area contributed by atoms with Crippen molar-refractivity contribution in [1.82, 2.24) is 0 Å². The maximum atomic E-state index is 5.78. The van der Waals surface area contributed by atoms with Crippen LogP contribution in [0.1, 0.15) is 29.9 Å². The predicted octanol–water partition coefficient (Wildman–Crippen LogP) is 2.46. The number of ether oxygens (including phenoxy) is 1. The number of hydrogen-bond donors (Lipinski definition) is 1. The summed E-state index contributed by atoms with van der Waals surface area (Å²) in [5.41, 5.74) is 8.43. The van der Waals surface area contributed by atoms with E-state index in [0.717, 1.165) is 19.4 Å². The Hall–Kier alpha value is -0.860. The molecule has 0 bridgehead atoms. The summed E-state index contributed by atoms with van der Waals surface area (Å²) in [6.07, 6.45) is 2.18. The van der Waals surface area contributed by atoms with Crippen LogP contribution in [0.15, 0.2) is 24.3 Å². The first kappa shape index (κ1) is 12.2. The van der Waals surface area contributed by atoms with Crippen LogP contribution in [-0.2, 0) is 4.74 Å². The summed E-state index contributed by atoms with van der Waals surface area (Å²) in [6.45, 7) is 3.64. The lowest BCUT2D eigenvalue weighted by Gasteiger charge is -2.15. The molecule has 1 atom stereocenters. The lowest BCUT2D eigenvalue weighted by atomic mass is 9.94. The Morgan fingerprint density at radius 2 is 1.93 bits per heavy atom. The van der Waals surface area contributed by atoms with Crippen molar-refractivity contribution in [3.05, 3.63) is 35.4 Å². The molecule has 0 radical (unpaired) electrons. The fourth-order valence-corrected chi connectivity index (χ4v) is 1.73. The molecule has 84 valence electrons. The normalized spacial score (nSPS) is 12.7. The van der Waals surface area contributed by atoms with Gasteiger partial charge >= 0.3 is 0 Å². The molecular formula is C13H21NO. The van der Waals surface area contributed by atoms with Crippen LogP contribution in [-0.4, -0.2) is 20.3 Å². The molecule has 0 aliphatic carbocycles. The van der Waals surface area contributed by atoms with E-state index in [-0.39, 0.29) is 0 Å². The molecule has 0 aliphatic rings. The number of hydrogen-bond acceptors (Lipinski definition) is 2. The third-order valence-electron chi connectivity index (χ3n) is 2.73. The van der Waals surface area contributed by atoms with E-state index in [4.69, 9.17) is 10.5 Å². The zero-order chi connectivity index (χ0) is 11.1. The van der Waals surface area contributed by atoms with Crippen LogP contribution in [0.25, 0.3) is 0 Å². The highest BCUT2D eigenvalue weighted by molar-refractivity contribution is 5.24. The standard InChI is InChI=1S/C13H21NO/c1-11-5-7-12(8-6-11)13(10-14)4-3-9-15-2/h5-8,13H,3-4,9-10,14H2,1-2H3. The molecule has 0 saturated heterocycles. The smallest absolute Gasteiger partial charge is 0.0462 e. The monoisotopic (exact) mass is 207 g/mol. The summed E-state index contributed by atoms with van der Waals surface area (Å²) in [4.78, 5) is 0. The van der Waals surface area contributed by atoms with Crippen LogP contribution in [0, 0.1) is 6.92 Å². The van der Waals surface area contributed by atoms with Crippen LogP contribution in [0.2, 0.25) is 0 Å². The molecule has 2 N–H and O–H groups in total. The first-order valence-electron chi connectivity index (χ1n) is 5.53. The van der Waals surface area contributed by atoms with Gasteiger partial charge in [-0.15, -0.1) is 0 Å². The Bertz CT molecular complexity index is 268. The van der Waals surface area contributed by atoms with E-state index in [1.165, 1.54) is 11.1 Å². The van der Waals surface area contributed by atoms with Crippen molar-refractivity contribution in [3.63, 3.8) is 0 Å². The van der Waals surface area contributed by atoms with Gasteiger partial charge in [-0.1, -0.05) is 29.8 Å². The minimum Gasteiger partial charge on any atom is -0.385 e. The largest absolute Gasteiger partial charge is 0.385 e. The minimum atomic E-state index is 0.473. The highest BCUT2D eigenvalue weighted by Crippen LogP contribution is 2.20. The molecule has 0 spiro atoms. The van der Waals surface area contributed by atoms with Crippen molar-refractivity contribution in [2.24, 2.45) is 5.73 Å². The molecule has 0 saturated carbocycles. The highest BCUT2D eigenvalue weighted by Gasteiger charge is 2.08. The van der Waals surface area contributed by atoms with E-state index < -0.39 is 0 Å². The fourth-order valence-electron chi connectivity index (χ4n) is 1.73. The quantitative estimate of drug-likeness (QED) is 0.727. The minimum absolute atomic E-state index is 0.473. The molecule has 2 heteroatoms. The van der Waals surface area contributed by atoms with Crippen molar-refractivity contribution in [2.75, 3.05) is 20.3 Å². The van der Waals surface area contributed by atoms with Crippen LogP contribution >= 0.6 is 0 Å². The summed E-state index contributed by atoms with van der Waals surface area (Å²) in [7, 11) is 1.74. The van der Waals surface area contributed by atoms with E-state index in [0.29, 0.717) is 12.5 Å². The maximum Gasteiger partial charge on any atom is 0.0462 e. The van der Waals surface area contributed by atoms with Gasteiger partial charge in [-0.25, -0.2) is 0 Å². The summed E-state index contributed by atoms with van der Waals surface area (Å²) in [5, 5.41) is 0. The second-order valence-electron chi connectivity index (χ2n) is 3.98. The fraction of sp³-hybridized carbons (Fsp3) is 0.538. The predicted molar refractivity (Wildman–Crippen MR) is 64.1 cm³/mol. The average Bonchev–Trinajstić information content (AvgIpc) is 2.26. The summed E-state index contributed by atoms with van der Waals surface area (Å²) in [5.74, 6) is 0.473. The number of methoxy groups -OCH3 is 1. The first-order chi connectivity index (χ1) is 7.27. The van der Waals surface area contributed by atoms with E-state index in [1.54, 1.807) is 7.11 Å². The van der Waals surface area contributed by atoms with Gasteiger partial charge in [-0.3, -0.25) is 0 Å². The second-order valence-corrected chi connectivity index (χ2v) is 3.98. The Morgan fingerprint density at radius 3 is 2.47 bits per heavy atom. The van der Waals surface area contributed by atoms with Gasteiger partial charge in [0.2, 0.25) is 0 Å². The number of rotatable bonds is 6. The van der Waals surface area contributed by atoms with Crippen LogP contribution in [0.4, 0.5) is 0 Å². The van der Waals surface area contributed by atoms with Gasteiger partial charge in [0.1, 0.15) is 0 Å². The molecule has 1 aromatic rings. The lowest BCUT2D eigenvalue weighted by Crippen LogP contribution is -2.13. The number of aryl methyl sites for hydroxylation is 1. The summed E-state index contributed by atoms with van der Waals surface area (Å²) >= 11 is 0. The van der Waals surface area contributed by atoms with E-state index in [2.05, 4.69) is 31.2 Å². The Balaban J connectivity index is 2.53. The first-order valence-corrected chi connectivity index (χ1v) is 5.53. The molecule has 0 aliphatic heterocycles. The lowest BCUT2D eigenvalue weighted by molar-refractivity contribution is 0.190. The van der Waals surface area contributed by atoms with Gasteiger partial charge in [-0.2, -0.15) is 0 Å². The van der Waals surface area contributed by atoms with E-state index in [9.17, 15) is 0 Å². The van der Waals surface area contributed by atoms with E-state index >= 15 is 0 Å². The third kappa shape index (κ3) is 4.02. The van der Waals surface area contributed by atoms with Gasteiger partial charge in [0, 0.05) is 13.7 Å². The molecule has 1 aromatic carbocycles. The summed E-state index contributed by atoms with van der Waals surface area (Å²) in [6, 6.07) is 8.65. The van der Waals surface area contributed by atoms with Crippen molar-refractivity contribution in [2.45, 2.75) is 25.7 Å². The molecule has 0 amide bonds. The second kappa shape index (κ2) is 6.59. The van der Waals surface area contributed by atoms with Crippen molar-refractivity contribution in [3.8, 4) is 0 Å². The zero-order valence-electron chi connectivity index (χ0n) is 9.70. The maximum absolute atomic E-state index is 5.78. The third-order valence-corrected chi connectivity index (χ3v) is 2.73. The van der Waals surface area contributed by atoms with Gasteiger partial charge in [-0.05, 0) is 37.8 Å². The SMILES string of the molecule is COCCCC(CN)c1ccc(C)cc1. The molecule has 2 nitrogen and oxygen atoms in total. The molecule has 1 rings (SSSR count). The Labute approximate surface area is 92.4 Å². The van der Waals surface area contributed by atoms with Crippen LogP contribution in [0.5, 0.6) is 0 Å². The topological polar surface area (TPSA) is 35.2 Å². The van der Waals surface area contributed by atoms with Crippen molar-refractivity contribution >= 4 is 0 Å². The van der Waals surface area contributed by atoms with Crippen LogP contribution in [0.3, 0.4) is 0 Å². The Morgan fingerprint density at radius 1 is 1.27 bits per heavy atom. The van der Waals surface area contributed by atoms with Gasteiger partial charge in [0.25, 0.3) is 0 Å². The van der Waals surface area contributed by atoms with Gasteiger partial charge in [0.05, 0.1) is 0 Å². The zero-order valence-corrected chi connectivity index (χ0v) is 9.70. The molecule has 0 aromatic heterocycles. The Kier molecular flexibility index (Phi) is 5.37. The molecular weight excluding hydrogens is 186 g/mol. The highest BCUT2D eigenvalue weighted by atomic mass is 16.5. The average molecular weight is 207 g/mol. The molecule has 15 heavy (non-hydrogen) atoms. The summed E-state index contributed by atoms with van der Waals surface area (Å²) < 4.78 is 5.05.